The first-order valence-corrected chi connectivity index (χ1v) is 7.28. The van der Waals surface area contributed by atoms with Crippen molar-refractivity contribution in [1.29, 1.82) is 0 Å². The van der Waals surface area contributed by atoms with Gasteiger partial charge in [-0.1, -0.05) is 27.2 Å². The van der Waals surface area contributed by atoms with E-state index in [1.165, 1.54) is 12.8 Å². The van der Waals surface area contributed by atoms with E-state index in [2.05, 4.69) is 31.1 Å². The minimum atomic E-state index is 0.0344. The van der Waals surface area contributed by atoms with Gasteiger partial charge in [-0.3, -0.25) is 9.78 Å². The molecule has 2 rings (SSSR count). The monoisotopic (exact) mass is 260 g/mol. The number of aromatic nitrogens is 1. The summed E-state index contributed by atoms with van der Waals surface area (Å²) in [5, 5.41) is 3.23. The topological polar surface area (TPSA) is 42.0 Å². The fourth-order valence-electron chi connectivity index (χ4n) is 3.12. The van der Waals surface area contributed by atoms with Crippen LogP contribution in [0.3, 0.4) is 0 Å². The quantitative estimate of drug-likeness (QED) is 0.906. The number of carbonyl (C=O) groups is 1. The van der Waals surface area contributed by atoms with Gasteiger partial charge in [0.25, 0.3) is 5.91 Å². The zero-order valence-electron chi connectivity index (χ0n) is 12.1. The van der Waals surface area contributed by atoms with Crippen molar-refractivity contribution in [3.8, 4) is 0 Å². The van der Waals surface area contributed by atoms with Gasteiger partial charge in [-0.15, -0.1) is 0 Å². The van der Waals surface area contributed by atoms with Gasteiger partial charge >= 0.3 is 0 Å². The number of nitrogens with zero attached hydrogens (tertiary/aromatic N) is 1. The van der Waals surface area contributed by atoms with Crippen molar-refractivity contribution < 1.29 is 4.79 Å². The molecule has 19 heavy (non-hydrogen) atoms. The number of hydrogen-bond acceptors (Lipinski definition) is 2. The average molecular weight is 260 g/mol. The average Bonchev–Trinajstić information content (AvgIpc) is 2.39. The lowest BCUT2D eigenvalue weighted by Crippen LogP contribution is -2.45. The summed E-state index contributed by atoms with van der Waals surface area (Å²) in [4.78, 5) is 16.2. The van der Waals surface area contributed by atoms with Crippen molar-refractivity contribution in [2.45, 2.75) is 46.1 Å². The summed E-state index contributed by atoms with van der Waals surface area (Å²) < 4.78 is 0. The van der Waals surface area contributed by atoms with E-state index in [1.807, 2.05) is 0 Å². The fourth-order valence-corrected chi connectivity index (χ4v) is 3.12. The first-order chi connectivity index (χ1) is 9.08. The van der Waals surface area contributed by atoms with Crippen molar-refractivity contribution in [2.75, 3.05) is 0 Å². The van der Waals surface area contributed by atoms with Crippen molar-refractivity contribution in [2.24, 2.45) is 17.8 Å². The van der Waals surface area contributed by atoms with Crippen LogP contribution in [0.4, 0.5) is 0 Å². The molecule has 1 fully saturated rings. The highest BCUT2D eigenvalue weighted by molar-refractivity contribution is 5.94. The number of carbonyl (C=O) groups excluding carboxylic acids is 1. The second-order valence-electron chi connectivity index (χ2n) is 6.14. The highest BCUT2D eigenvalue weighted by Crippen LogP contribution is 2.33. The first-order valence-electron chi connectivity index (χ1n) is 7.28. The first kappa shape index (κ1) is 14.0. The van der Waals surface area contributed by atoms with Crippen molar-refractivity contribution in [3.63, 3.8) is 0 Å². The van der Waals surface area contributed by atoms with Gasteiger partial charge in [0.15, 0.2) is 0 Å². The Hall–Kier alpha value is -1.38. The smallest absolute Gasteiger partial charge is 0.251 e. The Kier molecular flexibility index (Phi) is 4.56. The maximum absolute atomic E-state index is 12.2. The summed E-state index contributed by atoms with van der Waals surface area (Å²) in [7, 11) is 0. The maximum Gasteiger partial charge on any atom is 0.251 e. The Morgan fingerprint density at radius 3 is 2.63 bits per heavy atom. The third-order valence-electron chi connectivity index (χ3n) is 4.28. The van der Waals surface area contributed by atoms with Crippen molar-refractivity contribution >= 4 is 5.91 Å². The molecule has 1 amide bonds. The molecular formula is C16H24N2O. The Labute approximate surface area is 115 Å². The Morgan fingerprint density at radius 1 is 1.32 bits per heavy atom. The predicted octanol–water partition coefficient (Wildman–Crippen LogP) is 3.27. The molecule has 3 nitrogen and oxygen atoms in total. The number of nitrogens with one attached hydrogen (secondary N) is 1. The number of pyridine rings is 1. The lowest BCUT2D eigenvalue weighted by Gasteiger charge is -2.37. The minimum Gasteiger partial charge on any atom is -0.349 e. The van der Waals surface area contributed by atoms with Crippen LogP contribution < -0.4 is 5.32 Å². The molecule has 0 spiro atoms. The molecular weight excluding hydrogens is 236 g/mol. The SMILES string of the molecule is CC(C)[C@@H]1CC[C@@H](C)C[C@H]1NC(=O)c1ccncc1. The molecule has 1 aromatic rings. The van der Waals surface area contributed by atoms with Gasteiger partial charge in [-0.2, -0.15) is 0 Å². The van der Waals surface area contributed by atoms with Crippen LogP contribution in [0.15, 0.2) is 24.5 Å². The van der Waals surface area contributed by atoms with E-state index in [1.54, 1.807) is 24.5 Å². The van der Waals surface area contributed by atoms with Gasteiger partial charge in [0, 0.05) is 24.0 Å². The van der Waals surface area contributed by atoms with Crippen LogP contribution in [-0.2, 0) is 0 Å². The van der Waals surface area contributed by atoms with E-state index in [-0.39, 0.29) is 5.91 Å². The van der Waals surface area contributed by atoms with Crippen LogP contribution >= 0.6 is 0 Å². The molecule has 0 aliphatic heterocycles. The standard InChI is InChI=1S/C16H24N2O/c1-11(2)14-5-4-12(3)10-15(14)18-16(19)13-6-8-17-9-7-13/h6-9,11-12,14-15H,4-5,10H2,1-3H3,(H,18,19)/t12-,14+,15-/m1/s1. The van der Waals surface area contributed by atoms with Crippen molar-refractivity contribution in [3.05, 3.63) is 30.1 Å². The third-order valence-corrected chi connectivity index (χ3v) is 4.28. The van der Waals surface area contributed by atoms with Crippen LogP contribution in [0.1, 0.15) is 50.4 Å². The molecule has 0 saturated heterocycles. The Bertz CT molecular complexity index is 416. The van der Waals surface area contributed by atoms with Crippen LogP contribution in [0.25, 0.3) is 0 Å². The summed E-state index contributed by atoms with van der Waals surface area (Å²) in [6.45, 7) is 6.79. The molecule has 1 heterocycles. The van der Waals surface area contributed by atoms with E-state index in [4.69, 9.17) is 0 Å². The van der Waals surface area contributed by atoms with E-state index >= 15 is 0 Å². The number of amides is 1. The highest BCUT2D eigenvalue weighted by atomic mass is 16.1. The highest BCUT2D eigenvalue weighted by Gasteiger charge is 2.31. The molecule has 0 aromatic carbocycles. The minimum absolute atomic E-state index is 0.0344. The maximum atomic E-state index is 12.2. The molecule has 1 aromatic heterocycles. The van der Waals surface area contributed by atoms with E-state index < -0.39 is 0 Å². The van der Waals surface area contributed by atoms with E-state index in [9.17, 15) is 4.79 Å². The summed E-state index contributed by atoms with van der Waals surface area (Å²) in [5.41, 5.74) is 0.704. The van der Waals surface area contributed by atoms with E-state index in [0.717, 1.165) is 6.42 Å². The second-order valence-corrected chi connectivity index (χ2v) is 6.14. The van der Waals surface area contributed by atoms with Gasteiger partial charge in [0.1, 0.15) is 0 Å². The van der Waals surface area contributed by atoms with Gasteiger partial charge in [0.2, 0.25) is 0 Å². The zero-order valence-corrected chi connectivity index (χ0v) is 12.1. The molecule has 104 valence electrons. The van der Waals surface area contributed by atoms with Crippen LogP contribution in [0.5, 0.6) is 0 Å². The third kappa shape index (κ3) is 3.55. The summed E-state index contributed by atoms with van der Waals surface area (Å²) >= 11 is 0. The molecule has 3 heteroatoms. The van der Waals surface area contributed by atoms with Crippen LogP contribution in [0, 0.1) is 17.8 Å². The largest absolute Gasteiger partial charge is 0.349 e. The normalized spacial score (nSPS) is 27.3. The lowest BCUT2D eigenvalue weighted by atomic mass is 9.74. The Morgan fingerprint density at radius 2 is 2.00 bits per heavy atom. The molecule has 1 aliphatic carbocycles. The van der Waals surface area contributed by atoms with Gasteiger partial charge < -0.3 is 5.32 Å². The van der Waals surface area contributed by atoms with Crippen LogP contribution in [0.2, 0.25) is 0 Å². The molecule has 0 unspecified atom stereocenters. The predicted molar refractivity (Wildman–Crippen MR) is 76.8 cm³/mol. The summed E-state index contributed by atoms with van der Waals surface area (Å²) in [5.74, 6) is 1.96. The lowest BCUT2D eigenvalue weighted by molar-refractivity contribution is 0.0868. The number of rotatable bonds is 3. The van der Waals surface area contributed by atoms with Crippen LogP contribution in [-0.4, -0.2) is 16.9 Å². The fraction of sp³-hybridized carbons (Fsp3) is 0.625. The molecule has 0 radical (unpaired) electrons. The van der Waals surface area contributed by atoms with E-state index in [0.29, 0.717) is 29.4 Å². The summed E-state index contributed by atoms with van der Waals surface area (Å²) in [6, 6.07) is 3.85. The van der Waals surface area contributed by atoms with Gasteiger partial charge in [-0.05, 0) is 42.7 Å². The molecule has 3 atom stereocenters. The molecule has 1 N–H and O–H groups in total. The molecule has 0 bridgehead atoms. The second kappa shape index (κ2) is 6.18. The number of hydrogen-bond donors (Lipinski definition) is 1. The zero-order chi connectivity index (χ0) is 13.8. The molecule has 1 saturated carbocycles. The Balaban J connectivity index is 2.04. The summed E-state index contributed by atoms with van der Waals surface area (Å²) in [6.07, 6.45) is 6.93. The molecule has 1 aliphatic rings. The van der Waals surface area contributed by atoms with Gasteiger partial charge in [-0.25, -0.2) is 0 Å². The van der Waals surface area contributed by atoms with Crippen molar-refractivity contribution in [1.82, 2.24) is 10.3 Å². The van der Waals surface area contributed by atoms with Gasteiger partial charge in [0.05, 0.1) is 0 Å².